The van der Waals surface area contributed by atoms with Gasteiger partial charge in [-0.1, -0.05) is 43.2 Å². The summed E-state index contributed by atoms with van der Waals surface area (Å²) in [4.78, 5) is 21.9. The molecule has 2 aromatic heterocycles. The van der Waals surface area contributed by atoms with E-state index in [2.05, 4.69) is 22.3 Å². The SMILES string of the molecule is O=c1c2ccsc2nc(C(CC2CC2)N2CCNCC2)n1Cc1ccccc1. The van der Waals surface area contributed by atoms with Gasteiger partial charge in [0.15, 0.2) is 0 Å². The summed E-state index contributed by atoms with van der Waals surface area (Å²) in [6.45, 7) is 4.62. The Bertz CT molecular complexity index is 1000. The van der Waals surface area contributed by atoms with Crippen LogP contribution < -0.4 is 10.9 Å². The van der Waals surface area contributed by atoms with Crippen molar-refractivity contribution in [3.63, 3.8) is 0 Å². The summed E-state index contributed by atoms with van der Waals surface area (Å²) in [5, 5.41) is 6.18. The van der Waals surface area contributed by atoms with Crippen molar-refractivity contribution in [1.29, 1.82) is 0 Å². The Morgan fingerprint density at radius 3 is 2.68 bits per heavy atom. The lowest BCUT2D eigenvalue weighted by Crippen LogP contribution is -2.46. The van der Waals surface area contributed by atoms with Crippen molar-refractivity contribution in [3.05, 3.63) is 63.5 Å². The third kappa shape index (κ3) is 3.64. The number of nitrogens with one attached hydrogen (secondary N) is 1. The quantitative estimate of drug-likeness (QED) is 0.697. The van der Waals surface area contributed by atoms with Crippen LogP contribution in [0.5, 0.6) is 0 Å². The number of nitrogens with zero attached hydrogens (tertiary/aromatic N) is 3. The van der Waals surface area contributed by atoms with Crippen molar-refractivity contribution in [2.24, 2.45) is 5.92 Å². The summed E-state index contributed by atoms with van der Waals surface area (Å²) in [6.07, 6.45) is 3.73. The molecule has 1 aliphatic carbocycles. The zero-order valence-electron chi connectivity index (χ0n) is 16.0. The first-order valence-corrected chi connectivity index (χ1v) is 11.1. The fourth-order valence-electron chi connectivity index (χ4n) is 4.22. The molecule has 0 spiro atoms. The summed E-state index contributed by atoms with van der Waals surface area (Å²) >= 11 is 1.57. The molecule has 1 saturated carbocycles. The van der Waals surface area contributed by atoms with Crippen LogP contribution in [-0.2, 0) is 6.54 Å². The molecular formula is C22H26N4OS. The van der Waals surface area contributed by atoms with Crippen LogP contribution in [0.1, 0.15) is 36.7 Å². The first-order chi connectivity index (χ1) is 13.8. The van der Waals surface area contributed by atoms with Crippen LogP contribution in [0.2, 0.25) is 0 Å². The molecule has 28 heavy (non-hydrogen) atoms. The fourth-order valence-corrected chi connectivity index (χ4v) is 4.98. The highest BCUT2D eigenvalue weighted by molar-refractivity contribution is 7.16. The molecule has 146 valence electrons. The molecule has 0 amide bonds. The van der Waals surface area contributed by atoms with Gasteiger partial charge in [0.2, 0.25) is 0 Å². The second-order valence-corrected chi connectivity index (χ2v) is 8.86. The number of rotatable bonds is 6. The molecule has 1 aliphatic heterocycles. The zero-order chi connectivity index (χ0) is 18.9. The molecule has 3 aromatic rings. The lowest BCUT2D eigenvalue weighted by Gasteiger charge is -2.35. The highest BCUT2D eigenvalue weighted by Crippen LogP contribution is 2.40. The van der Waals surface area contributed by atoms with Crippen molar-refractivity contribution in [2.75, 3.05) is 26.2 Å². The second-order valence-electron chi connectivity index (χ2n) is 7.97. The molecule has 2 fully saturated rings. The van der Waals surface area contributed by atoms with Crippen LogP contribution in [-0.4, -0.2) is 40.6 Å². The maximum Gasteiger partial charge on any atom is 0.262 e. The fraction of sp³-hybridized carbons (Fsp3) is 0.455. The minimum Gasteiger partial charge on any atom is -0.314 e. The topological polar surface area (TPSA) is 50.2 Å². The Balaban J connectivity index is 1.62. The van der Waals surface area contributed by atoms with E-state index in [1.807, 2.05) is 34.2 Å². The van der Waals surface area contributed by atoms with Gasteiger partial charge in [0, 0.05) is 26.2 Å². The number of thiophene rings is 1. The normalized spacial score (nSPS) is 19.1. The van der Waals surface area contributed by atoms with E-state index in [1.54, 1.807) is 11.3 Å². The van der Waals surface area contributed by atoms with Crippen LogP contribution in [0.15, 0.2) is 46.6 Å². The molecule has 1 atom stereocenters. The van der Waals surface area contributed by atoms with Crippen molar-refractivity contribution in [3.8, 4) is 0 Å². The Kier molecular flexibility index (Phi) is 5.01. The molecule has 0 bridgehead atoms. The lowest BCUT2D eigenvalue weighted by atomic mass is 10.1. The minimum atomic E-state index is 0.0982. The molecule has 1 saturated heterocycles. The number of aromatic nitrogens is 2. The van der Waals surface area contributed by atoms with Crippen LogP contribution in [0.4, 0.5) is 0 Å². The average molecular weight is 395 g/mol. The predicted molar refractivity (Wildman–Crippen MR) is 114 cm³/mol. The largest absolute Gasteiger partial charge is 0.314 e. The maximum atomic E-state index is 13.4. The van der Waals surface area contributed by atoms with Gasteiger partial charge in [-0.05, 0) is 29.3 Å². The number of hydrogen-bond donors (Lipinski definition) is 1. The summed E-state index contributed by atoms with van der Waals surface area (Å²) in [6, 6.07) is 12.4. The molecule has 1 aromatic carbocycles. The van der Waals surface area contributed by atoms with Gasteiger partial charge in [-0.15, -0.1) is 11.3 Å². The van der Waals surface area contributed by atoms with Crippen LogP contribution >= 0.6 is 11.3 Å². The van der Waals surface area contributed by atoms with E-state index >= 15 is 0 Å². The molecule has 3 heterocycles. The third-order valence-corrected chi connectivity index (χ3v) is 6.75. The first kappa shape index (κ1) is 18.0. The van der Waals surface area contributed by atoms with Crippen LogP contribution in [0, 0.1) is 5.92 Å². The summed E-state index contributed by atoms with van der Waals surface area (Å²) < 4.78 is 1.94. The van der Waals surface area contributed by atoms with Gasteiger partial charge in [-0.25, -0.2) is 4.98 Å². The van der Waals surface area contributed by atoms with E-state index in [9.17, 15) is 4.79 Å². The van der Waals surface area contributed by atoms with E-state index < -0.39 is 0 Å². The van der Waals surface area contributed by atoms with Crippen molar-refractivity contribution in [2.45, 2.75) is 31.8 Å². The third-order valence-electron chi connectivity index (χ3n) is 5.94. The number of fused-ring (bicyclic) bond motifs is 1. The zero-order valence-corrected chi connectivity index (χ0v) is 16.8. The van der Waals surface area contributed by atoms with Gasteiger partial charge < -0.3 is 5.32 Å². The van der Waals surface area contributed by atoms with Crippen molar-refractivity contribution >= 4 is 21.6 Å². The number of hydrogen-bond acceptors (Lipinski definition) is 5. The molecular weight excluding hydrogens is 368 g/mol. The predicted octanol–water partition coefficient (Wildman–Crippen LogP) is 3.25. The standard InChI is InChI=1S/C22H26N4OS/c27-22-18-8-13-28-21(18)24-20(26(22)15-17-4-2-1-3-5-17)19(14-16-6-7-16)25-11-9-23-10-12-25/h1-5,8,13,16,19,23H,6-7,9-12,14-15H2. The van der Waals surface area contributed by atoms with Gasteiger partial charge in [0.05, 0.1) is 18.0 Å². The highest BCUT2D eigenvalue weighted by atomic mass is 32.1. The summed E-state index contributed by atoms with van der Waals surface area (Å²) in [7, 11) is 0. The molecule has 6 heteroatoms. The van der Waals surface area contributed by atoms with E-state index in [-0.39, 0.29) is 11.6 Å². The number of benzene rings is 1. The van der Waals surface area contributed by atoms with Gasteiger partial charge in [-0.2, -0.15) is 0 Å². The highest BCUT2D eigenvalue weighted by Gasteiger charge is 2.33. The van der Waals surface area contributed by atoms with E-state index in [0.717, 1.165) is 60.1 Å². The van der Waals surface area contributed by atoms with Gasteiger partial charge in [0.25, 0.3) is 5.56 Å². The van der Waals surface area contributed by atoms with Gasteiger partial charge in [0.1, 0.15) is 10.7 Å². The first-order valence-electron chi connectivity index (χ1n) is 10.3. The van der Waals surface area contributed by atoms with Crippen molar-refractivity contribution in [1.82, 2.24) is 19.8 Å². The minimum absolute atomic E-state index is 0.0982. The van der Waals surface area contributed by atoms with Crippen LogP contribution in [0.25, 0.3) is 10.2 Å². The Morgan fingerprint density at radius 2 is 1.93 bits per heavy atom. The lowest BCUT2D eigenvalue weighted by molar-refractivity contribution is 0.150. The molecule has 5 rings (SSSR count). The Hall–Kier alpha value is -2.02. The van der Waals surface area contributed by atoms with Crippen molar-refractivity contribution < 1.29 is 0 Å². The number of piperazine rings is 1. The van der Waals surface area contributed by atoms with E-state index in [4.69, 9.17) is 4.98 Å². The van der Waals surface area contributed by atoms with Crippen LogP contribution in [0.3, 0.4) is 0 Å². The van der Waals surface area contributed by atoms with E-state index in [1.165, 1.54) is 12.8 Å². The Labute approximate surface area is 169 Å². The maximum absolute atomic E-state index is 13.4. The molecule has 5 nitrogen and oxygen atoms in total. The molecule has 2 aliphatic rings. The molecule has 1 unspecified atom stereocenters. The average Bonchev–Trinajstić information content (AvgIpc) is 3.44. The monoisotopic (exact) mass is 394 g/mol. The van der Waals surface area contributed by atoms with Gasteiger partial charge in [-0.3, -0.25) is 14.3 Å². The second kappa shape index (κ2) is 7.78. The van der Waals surface area contributed by atoms with Gasteiger partial charge >= 0.3 is 0 Å². The summed E-state index contributed by atoms with van der Waals surface area (Å²) in [5.41, 5.74) is 1.24. The Morgan fingerprint density at radius 1 is 1.14 bits per heavy atom. The molecule has 1 N–H and O–H groups in total. The van der Waals surface area contributed by atoms with E-state index in [0.29, 0.717) is 6.54 Å². The smallest absolute Gasteiger partial charge is 0.262 e. The molecule has 0 radical (unpaired) electrons. The summed E-state index contributed by atoms with van der Waals surface area (Å²) in [5.74, 6) is 1.73.